The van der Waals surface area contributed by atoms with Crippen LogP contribution in [-0.2, 0) is 6.61 Å². The highest BCUT2D eigenvalue weighted by atomic mass is 32.3. The molecule has 38 heavy (non-hydrogen) atoms. The lowest BCUT2D eigenvalue weighted by atomic mass is 10.1. The van der Waals surface area contributed by atoms with E-state index in [4.69, 9.17) is 10.00 Å². The molecule has 2 aromatic carbocycles. The molecule has 1 aliphatic heterocycles. The van der Waals surface area contributed by atoms with Crippen molar-refractivity contribution in [3.8, 4) is 17.6 Å². The number of aromatic nitrogens is 2. The Morgan fingerprint density at radius 3 is 2.84 bits per heavy atom. The van der Waals surface area contributed by atoms with Gasteiger partial charge in [-0.05, 0) is 43.0 Å². The Hall–Kier alpha value is -4.09. The van der Waals surface area contributed by atoms with Crippen LogP contribution in [0.5, 0.6) is 11.5 Å². The van der Waals surface area contributed by atoms with Crippen molar-refractivity contribution in [1.82, 2.24) is 9.66 Å². The van der Waals surface area contributed by atoms with E-state index < -0.39 is 16.3 Å². The van der Waals surface area contributed by atoms with Gasteiger partial charge in [-0.3, -0.25) is 13.9 Å². The molecule has 0 saturated heterocycles. The Kier molecular flexibility index (Phi) is 5.96. The highest BCUT2D eigenvalue weighted by Gasteiger charge is 2.31. The molecule has 194 valence electrons. The summed E-state index contributed by atoms with van der Waals surface area (Å²) in [5.74, 6) is 0.383. The number of pyridine rings is 1. The summed E-state index contributed by atoms with van der Waals surface area (Å²) in [4.78, 5) is 17.8. The summed E-state index contributed by atoms with van der Waals surface area (Å²) in [5, 5.41) is 25.6. The number of hydrogen-bond acceptors (Lipinski definition) is 11. The van der Waals surface area contributed by atoms with Crippen molar-refractivity contribution >= 4 is 44.5 Å². The van der Waals surface area contributed by atoms with Gasteiger partial charge in [0, 0.05) is 23.4 Å². The molecule has 2 aromatic heterocycles. The van der Waals surface area contributed by atoms with Crippen LogP contribution in [0.3, 0.4) is 0 Å². The van der Waals surface area contributed by atoms with Crippen molar-refractivity contribution in [2.75, 3.05) is 17.3 Å². The van der Waals surface area contributed by atoms with Crippen LogP contribution in [0.4, 0.5) is 5.69 Å². The van der Waals surface area contributed by atoms with Crippen molar-refractivity contribution in [2.45, 2.75) is 24.3 Å². The number of rotatable bonds is 7. The van der Waals surface area contributed by atoms with Gasteiger partial charge in [-0.2, -0.15) is 5.26 Å². The molecule has 1 aliphatic carbocycles. The normalized spacial score (nSPS) is 16.6. The van der Waals surface area contributed by atoms with Crippen LogP contribution >= 0.6 is 22.1 Å². The average Bonchev–Trinajstić information content (AvgIpc) is 3.62. The standard InChI is InChI=1S/C25H22N6O5S2/c26-10-15-13-37-21(28-15)12-36-16-7-8-18-20(9-16)38(34,35)30-24(29-18)22-23(32)17-3-1-2-4-19(17)31(25(22)33)27-11-14-5-6-14/h1-4,7-9,13-14,27,32,34-35H,5-6,11-12H2,(H,29,30). The molecule has 0 amide bonds. The third kappa shape index (κ3) is 4.44. The molecule has 3 heterocycles. The van der Waals surface area contributed by atoms with Crippen molar-refractivity contribution in [2.24, 2.45) is 10.3 Å². The highest BCUT2D eigenvalue weighted by Crippen LogP contribution is 2.56. The molecule has 6 rings (SSSR count). The highest BCUT2D eigenvalue weighted by molar-refractivity contribution is 8.23. The maximum absolute atomic E-state index is 13.6. The van der Waals surface area contributed by atoms with Gasteiger partial charge in [0.15, 0.2) is 11.5 Å². The summed E-state index contributed by atoms with van der Waals surface area (Å²) in [5.41, 5.74) is 3.55. The van der Waals surface area contributed by atoms with Gasteiger partial charge in [0.05, 0.1) is 11.2 Å². The molecule has 4 aromatic rings. The molecule has 1 fully saturated rings. The van der Waals surface area contributed by atoms with Crippen LogP contribution in [0.25, 0.3) is 10.9 Å². The molecule has 1 saturated carbocycles. The molecule has 5 N–H and O–H groups in total. The monoisotopic (exact) mass is 550 g/mol. The van der Waals surface area contributed by atoms with E-state index in [1.165, 1.54) is 22.1 Å². The fourth-order valence-electron chi connectivity index (χ4n) is 4.17. The summed E-state index contributed by atoms with van der Waals surface area (Å²) in [6, 6.07) is 13.6. The Bertz CT molecular complexity index is 1700. The van der Waals surface area contributed by atoms with Gasteiger partial charge in [0.25, 0.3) is 5.56 Å². The second-order valence-electron chi connectivity index (χ2n) is 8.96. The van der Waals surface area contributed by atoms with E-state index in [9.17, 15) is 19.0 Å². The average molecular weight is 551 g/mol. The van der Waals surface area contributed by atoms with Crippen LogP contribution in [0, 0.1) is 17.2 Å². The lowest BCUT2D eigenvalue weighted by Crippen LogP contribution is -2.36. The van der Waals surface area contributed by atoms with Crippen molar-refractivity contribution in [1.29, 1.82) is 5.26 Å². The number of ether oxygens (including phenoxy) is 1. The minimum absolute atomic E-state index is 0.0862. The summed E-state index contributed by atoms with van der Waals surface area (Å²) in [6.07, 6.45) is 2.18. The van der Waals surface area contributed by atoms with E-state index in [2.05, 4.69) is 20.1 Å². The number of hydrogen-bond donors (Lipinski definition) is 5. The summed E-state index contributed by atoms with van der Waals surface area (Å²) in [6.45, 7) is 0.707. The molecule has 0 radical (unpaired) electrons. The lowest BCUT2D eigenvalue weighted by Gasteiger charge is -2.34. The van der Waals surface area contributed by atoms with E-state index in [1.54, 1.807) is 41.8 Å². The molecular formula is C25H22N6O5S2. The molecule has 0 unspecified atom stereocenters. The van der Waals surface area contributed by atoms with Gasteiger partial charge in [-0.15, -0.1) is 15.7 Å². The second kappa shape index (κ2) is 9.34. The Balaban J connectivity index is 1.35. The number of nitriles is 1. The van der Waals surface area contributed by atoms with Crippen molar-refractivity contribution in [3.63, 3.8) is 0 Å². The van der Waals surface area contributed by atoms with E-state index in [-0.39, 0.29) is 28.7 Å². The number of para-hydroxylation sites is 1. The fourth-order valence-corrected chi connectivity index (χ4v) is 5.98. The number of anilines is 1. The first-order chi connectivity index (χ1) is 18.3. The first-order valence-electron chi connectivity index (χ1n) is 11.7. The number of thiazole rings is 1. The molecule has 0 spiro atoms. The SMILES string of the molecule is N#Cc1csc(COc2ccc3c(c2)S(O)(O)N=C(c2c(O)c4ccccc4n(NCC4CC4)c2=O)N3)n1. The minimum atomic E-state index is -3.75. The van der Waals surface area contributed by atoms with Gasteiger partial charge in [0.1, 0.15) is 39.6 Å². The van der Waals surface area contributed by atoms with Crippen molar-refractivity contribution in [3.05, 3.63) is 74.5 Å². The first-order valence-corrected chi connectivity index (χ1v) is 14.1. The van der Waals surface area contributed by atoms with Crippen LogP contribution in [0.1, 0.15) is 29.1 Å². The minimum Gasteiger partial charge on any atom is -0.506 e. The predicted octanol–water partition coefficient (Wildman–Crippen LogP) is 4.46. The number of fused-ring (bicyclic) bond motifs is 2. The molecule has 0 atom stereocenters. The van der Waals surface area contributed by atoms with Gasteiger partial charge in [-0.25, -0.2) is 9.66 Å². The summed E-state index contributed by atoms with van der Waals surface area (Å²) >= 11 is 1.29. The fraction of sp³-hybridized carbons (Fsp3) is 0.200. The van der Waals surface area contributed by atoms with Crippen LogP contribution in [-0.4, -0.2) is 36.3 Å². The number of nitrogens with zero attached hydrogens (tertiary/aromatic N) is 4. The van der Waals surface area contributed by atoms with Crippen LogP contribution in [0.2, 0.25) is 0 Å². The number of aromatic hydroxyl groups is 1. The van der Waals surface area contributed by atoms with E-state index in [0.29, 0.717) is 45.5 Å². The zero-order valence-corrected chi connectivity index (χ0v) is 21.4. The number of nitrogens with one attached hydrogen (secondary N) is 2. The third-order valence-electron chi connectivity index (χ3n) is 6.27. The predicted molar refractivity (Wildman–Crippen MR) is 146 cm³/mol. The number of benzene rings is 2. The maximum atomic E-state index is 13.6. The second-order valence-corrected chi connectivity index (χ2v) is 11.6. The molecule has 2 aliphatic rings. The third-order valence-corrected chi connectivity index (χ3v) is 8.46. The molecule has 13 heteroatoms. The van der Waals surface area contributed by atoms with Gasteiger partial charge in [-0.1, -0.05) is 22.9 Å². The Morgan fingerprint density at radius 2 is 2.08 bits per heavy atom. The largest absolute Gasteiger partial charge is 0.506 e. The molecular weight excluding hydrogens is 528 g/mol. The van der Waals surface area contributed by atoms with Crippen LogP contribution < -0.4 is 21.0 Å². The maximum Gasteiger partial charge on any atom is 0.284 e. The first kappa shape index (κ1) is 24.3. The van der Waals surface area contributed by atoms with E-state index in [1.807, 2.05) is 6.07 Å². The summed E-state index contributed by atoms with van der Waals surface area (Å²) in [7, 11) is -3.75. The molecule has 0 bridgehead atoms. The van der Waals surface area contributed by atoms with Crippen molar-refractivity contribution < 1.29 is 18.9 Å². The zero-order valence-electron chi connectivity index (χ0n) is 19.8. The van der Waals surface area contributed by atoms with E-state index in [0.717, 1.165) is 12.8 Å². The van der Waals surface area contributed by atoms with Crippen LogP contribution in [0.15, 0.2) is 61.9 Å². The van der Waals surface area contributed by atoms with Gasteiger partial charge in [0.2, 0.25) is 0 Å². The topological polar surface area (TPSA) is 165 Å². The smallest absolute Gasteiger partial charge is 0.284 e. The quantitative estimate of drug-likeness (QED) is 0.223. The van der Waals surface area contributed by atoms with Gasteiger partial charge < -0.3 is 20.6 Å². The van der Waals surface area contributed by atoms with E-state index >= 15 is 0 Å². The molecule has 11 nitrogen and oxygen atoms in total. The Labute approximate surface area is 222 Å². The Morgan fingerprint density at radius 1 is 1.26 bits per heavy atom. The van der Waals surface area contributed by atoms with Gasteiger partial charge >= 0.3 is 0 Å². The summed E-state index contributed by atoms with van der Waals surface area (Å²) < 4.78 is 33.1. The number of amidine groups is 1. The lowest BCUT2D eigenvalue weighted by molar-refractivity contribution is 0.304. The zero-order chi connectivity index (χ0) is 26.4.